The number of carbonyl (C=O) groups excluding carboxylic acids is 1. The second kappa shape index (κ2) is 6.83. The number of hydrogen-bond acceptors (Lipinski definition) is 4. The van der Waals surface area contributed by atoms with E-state index in [2.05, 4.69) is 22.1 Å². The molecule has 1 aliphatic heterocycles. The minimum Gasteiger partial charge on any atom is -0.353 e. The van der Waals surface area contributed by atoms with Gasteiger partial charge in [0.05, 0.1) is 16.1 Å². The van der Waals surface area contributed by atoms with Gasteiger partial charge in [0.1, 0.15) is 5.82 Å². The smallest absolute Gasteiger partial charge is 0.225 e. The van der Waals surface area contributed by atoms with Gasteiger partial charge < -0.3 is 10.2 Å². The van der Waals surface area contributed by atoms with Crippen LogP contribution in [0.15, 0.2) is 18.2 Å². The van der Waals surface area contributed by atoms with Gasteiger partial charge in [-0.1, -0.05) is 18.3 Å². The van der Waals surface area contributed by atoms with Crippen LogP contribution in [0.5, 0.6) is 0 Å². The van der Waals surface area contributed by atoms with E-state index in [1.54, 1.807) is 6.07 Å². The van der Waals surface area contributed by atoms with Crippen LogP contribution in [-0.4, -0.2) is 30.0 Å². The molecule has 2 aromatic rings. The van der Waals surface area contributed by atoms with Gasteiger partial charge >= 0.3 is 0 Å². The molecule has 124 valence electrons. The minimum atomic E-state index is -0.239. The van der Waals surface area contributed by atoms with E-state index >= 15 is 0 Å². The van der Waals surface area contributed by atoms with Crippen molar-refractivity contribution in [3.8, 4) is 0 Å². The molecule has 1 aliphatic rings. The summed E-state index contributed by atoms with van der Waals surface area (Å²) in [5.41, 5.74) is 0.817. The number of benzene rings is 1. The Balaban J connectivity index is 1.73. The lowest BCUT2D eigenvalue weighted by molar-refractivity contribution is -0.125. The molecule has 4 nitrogen and oxygen atoms in total. The van der Waals surface area contributed by atoms with Crippen LogP contribution in [0, 0.1) is 11.7 Å². The summed E-state index contributed by atoms with van der Waals surface area (Å²) in [6.07, 6.45) is 2.83. The molecule has 23 heavy (non-hydrogen) atoms. The summed E-state index contributed by atoms with van der Waals surface area (Å²) in [6, 6.07) is 4.88. The first kappa shape index (κ1) is 16.2. The molecule has 1 amide bonds. The Morgan fingerprint density at radius 3 is 3.17 bits per heavy atom. The van der Waals surface area contributed by atoms with Crippen LogP contribution in [0.25, 0.3) is 10.2 Å². The van der Waals surface area contributed by atoms with Crippen LogP contribution < -0.4 is 10.2 Å². The van der Waals surface area contributed by atoms with Gasteiger partial charge in [0.15, 0.2) is 5.13 Å². The highest BCUT2D eigenvalue weighted by Crippen LogP contribution is 2.32. The molecule has 1 aromatic heterocycles. The Labute approximate surface area is 139 Å². The van der Waals surface area contributed by atoms with E-state index in [-0.39, 0.29) is 23.7 Å². The van der Waals surface area contributed by atoms with E-state index in [1.807, 2.05) is 6.92 Å². The fourth-order valence-corrected chi connectivity index (χ4v) is 3.87. The second-order valence-electron chi connectivity index (χ2n) is 6.21. The number of aromatic nitrogens is 1. The molecule has 6 heteroatoms. The molecular formula is C17H22FN3OS. The van der Waals surface area contributed by atoms with Crippen molar-refractivity contribution in [1.29, 1.82) is 0 Å². The lowest BCUT2D eigenvalue weighted by atomic mass is 9.97. The molecule has 2 heterocycles. The molecule has 1 fully saturated rings. The molecule has 2 unspecified atom stereocenters. The summed E-state index contributed by atoms with van der Waals surface area (Å²) in [5.74, 6) is -0.102. The maximum atomic E-state index is 13.3. The average Bonchev–Trinajstić information content (AvgIpc) is 2.97. The van der Waals surface area contributed by atoms with Crippen molar-refractivity contribution >= 4 is 32.6 Å². The third kappa shape index (κ3) is 3.63. The van der Waals surface area contributed by atoms with Gasteiger partial charge in [0.25, 0.3) is 0 Å². The van der Waals surface area contributed by atoms with E-state index < -0.39 is 0 Å². The molecule has 0 bridgehead atoms. The van der Waals surface area contributed by atoms with Crippen molar-refractivity contribution in [3.05, 3.63) is 24.0 Å². The summed E-state index contributed by atoms with van der Waals surface area (Å²) in [4.78, 5) is 19.1. The van der Waals surface area contributed by atoms with Crippen LogP contribution in [0.4, 0.5) is 9.52 Å². The average molecular weight is 335 g/mol. The molecule has 0 saturated carbocycles. The van der Waals surface area contributed by atoms with E-state index in [1.165, 1.54) is 23.5 Å². The number of nitrogens with zero attached hydrogens (tertiary/aromatic N) is 2. The van der Waals surface area contributed by atoms with Gasteiger partial charge in [-0.2, -0.15) is 0 Å². The number of rotatable bonds is 4. The lowest BCUT2D eigenvalue weighted by Crippen LogP contribution is -2.45. The van der Waals surface area contributed by atoms with E-state index in [0.717, 1.165) is 41.2 Å². The van der Waals surface area contributed by atoms with E-state index in [0.29, 0.717) is 6.54 Å². The summed E-state index contributed by atoms with van der Waals surface area (Å²) < 4.78 is 14.2. The van der Waals surface area contributed by atoms with Gasteiger partial charge in [0.2, 0.25) is 5.91 Å². The van der Waals surface area contributed by atoms with Gasteiger partial charge in [-0.05, 0) is 44.4 Å². The first-order valence-electron chi connectivity index (χ1n) is 8.18. The Bertz CT molecular complexity index is 702. The number of halogens is 1. The molecule has 3 rings (SSSR count). The highest BCUT2D eigenvalue weighted by atomic mass is 32.1. The van der Waals surface area contributed by atoms with Crippen molar-refractivity contribution in [2.45, 2.75) is 39.2 Å². The maximum Gasteiger partial charge on any atom is 0.225 e. The van der Waals surface area contributed by atoms with Gasteiger partial charge in [0, 0.05) is 19.1 Å². The zero-order valence-corrected chi connectivity index (χ0v) is 14.3. The normalized spacial score (nSPS) is 19.8. The number of anilines is 1. The summed E-state index contributed by atoms with van der Waals surface area (Å²) in [5, 5.41) is 3.95. The molecular weight excluding hydrogens is 313 g/mol. The zero-order valence-electron chi connectivity index (χ0n) is 13.5. The molecule has 0 spiro atoms. The predicted octanol–water partition coefficient (Wildman–Crippen LogP) is 3.57. The monoisotopic (exact) mass is 335 g/mol. The highest BCUT2D eigenvalue weighted by molar-refractivity contribution is 7.22. The third-order valence-electron chi connectivity index (χ3n) is 4.40. The number of carbonyl (C=O) groups is 1. The van der Waals surface area contributed by atoms with Crippen LogP contribution in [0.3, 0.4) is 0 Å². The molecule has 0 aliphatic carbocycles. The number of hydrogen-bond donors (Lipinski definition) is 1. The number of thiazole rings is 1. The predicted molar refractivity (Wildman–Crippen MR) is 92.4 cm³/mol. The first-order chi connectivity index (χ1) is 11.1. The quantitative estimate of drug-likeness (QED) is 0.929. The molecule has 0 radical (unpaired) electrons. The van der Waals surface area contributed by atoms with Gasteiger partial charge in [-0.3, -0.25) is 4.79 Å². The molecule has 1 aromatic carbocycles. The van der Waals surface area contributed by atoms with Crippen LogP contribution in [0.2, 0.25) is 0 Å². The first-order valence-corrected chi connectivity index (χ1v) is 9.00. The standard InChI is InChI=1S/C17H22FN3OS/c1-3-11(2)19-16(22)12-5-4-8-21(10-12)17-20-14-7-6-13(18)9-15(14)23-17/h6-7,9,11-12H,3-5,8,10H2,1-2H3,(H,19,22). The zero-order chi connectivity index (χ0) is 16.4. The van der Waals surface area contributed by atoms with Crippen molar-refractivity contribution in [3.63, 3.8) is 0 Å². The number of amides is 1. The maximum absolute atomic E-state index is 13.3. The topological polar surface area (TPSA) is 45.2 Å². The second-order valence-corrected chi connectivity index (χ2v) is 7.22. The minimum absolute atomic E-state index is 0.00139. The Morgan fingerprint density at radius 2 is 2.39 bits per heavy atom. The van der Waals surface area contributed by atoms with E-state index in [9.17, 15) is 9.18 Å². The largest absolute Gasteiger partial charge is 0.353 e. The van der Waals surface area contributed by atoms with Crippen LogP contribution in [0.1, 0.15) is 33.1 Å². The summed E-state index contributed by atoms with van der Waals surface area (Å²) in [6.45, 7) is 5.68. The molecule has 2 atom stereocenters. The fraction of sp³-hybridized carbons (Fsp3) is 0.529. The summed E-state index contributed by atoms with van der Waals surface area (Å²) >= 11 is 1.49. The van der Waals surface area contributed by atoms with Crippen LogP contribution >= 0.6 is 11.3 Å². The Kier molecular flexibility index (Phi) is 4.80. The number of nitrogens with one attached hydrogen (secondary N) is 1. The third-order valence-corrected chi connectivity index (χ3v) is 5.48. The van der Waals surface area contributed by atoms with Gasteiger partial charge in [-0.15, -0.1) is 0 Å². The fourth-order valence-electron chi connectivity index (χ4n) is 2.85. The Hall–Kier alpha value is -1.69. The molecule has 1 N–H and O–H groups in total. The molecule has 1 saturated heterocycles. The number of fused-ring (bicyclic) bond motifs is 1. The van der Waals surface area contributed by atoms with Crippen molar-refractivity contribution < 1.29 is 9.18 Å². The lowest BCUT2D eigenvalue weighted by Gasteiger charge is -2.32. The van der Waals surface area contributed by atoms with Crippen molar-refractivity contribution in [1.82, 2.24) is 10.3 Å². The van der Waals surface area contributed by atoms with Crippen molar-refractivity contribution in [2.75, 3.05) is 18.0 Å². The Morgan fingerprint density at radius 1 is 1.57 bits per heavy atom. The number of piperidine rings is 1. The van der Waals surface area contributed by atoms with Gasteiger partial charge in [-0.25, -0.2) is 9.37 Å². The van der Waals surface area contributed by atoms with Crippen molar-refractivity contribution in [2.24, 2.45) is 5.92 Å². The van der Waals surface area contributed by atoms with Crippen LogP contribution in [-0.2, 0) is 4.79 Å². The highest BCUT2D eigenvalue weighted by Gasteiger charge is 2.27. The SMILES string of the molecule is CCC(C)NC(=O)C1CCCN(c2nc3ccc(F)cc3s2)C1. The van der Waals surface area contributed by atoms with E-state index in [4.69, 9.17) is 0 Å². The summed E-state index contributed by atoms with van der Waals surface area (Å²) in [7, 11) is 0.